The van der Waals surface area contributed by atoms with Crippen molar-refractivity contribution in [3.05, 3.63) is 71.3 Å². The molecule has 2 aromatic carbocycles. The van der Waals surface area contributed by atoms with E-state index in [4.69, 9.17) is 0 Å². The number of hydrogen-bond donors (Lipinski definition) is 1. The van der Waals surface area contributed by atoms with E-state index in [0.29, 0.717) is 18.6 Å². The quantitative estimate of drug-likeness (QED) is 0.844. The summed E-state index contributed by atoms with van der Waals surface area (Å²) in [6.07, 6.45) is 2.71. The van der Waals surface area contributed by atoms with E-state index in [2.05, 4.69) is 5.32 Å². The van der Waals surface area contributed by atoms with Crippen molar-refractivity contribution in [3.63, 3.8) is 0 Å². The van der Waals surface area contributed by atoms with Gasteiger partial charge in [-0.1, -0.05) is 24.3 Å². The molecule has 0 unspecified atom stereocenters. The highest BCUT2D eigenvalue weighted by Gasteiger charge is 2.50. The SMILES string of the molecule is O=C1N[C@@H]2C[C@@H]2N1CCCC(c1ccc(F)cc1)c1ccc(F)cc1. The van der Waals surface area contributed by atoms with Crippen molar-refractivity contribution in [2.75, 3.05) is 6.54 Å². The molecule has 2 fully saturated rings. The largest absolute Gasteiger partial charge is 0.333 e. The third kappa shape index (κ3) is 3.36. The minimum absolute atomic E-state index is 0.0290. The molecule has 1 N–H and O–H groups in total. The van der Waals surface area contributed by atoms with Crippen LogP contribution in [-0.4, -0.2) is 29.6 Å². The lowest BCUT2D eigenvalue weighted by Crippen LogP contribution is -2.34. The first kappa shape index (κ1) is 16.1. The van der Waals surface area contributed by atoms with Gasteiger partial charge in [0.1, 0.15) is 11.6 Å². The summed E-state index contributed by atoms with van der Waals surface area (Å²) in [4.78, 5) is 13.8. The highest BCUT2D eigenvalue weighted by Crippen LogP contribution is 2.35. The van der Waals surface area contributed by atoms with Crippen LogP contribution in [-0.2, 0) is 0 Å². The summed E-state index contributed by atoms with van der Waals surface area (Å²) < 4.78 is 26.5. The van der Waals surface area contributed by atoms with Crippen LogP contribution in [0.5, 0.6) is 0 Å². The van der Waals surface area contributed by atoms with Crippen LogP contribution in [0.15, 0.2) is 48.5 Å². The molecule has 130 valence electrons. The second kappa shape index (κ2) is 6.47. The molecule has 5 heteroatoms. The molecule has 1 aliphatic heterocycles. The van der Waals surface area contributed by atoms with E-state index < -0.39 is 0 Å². The van der Waals surface area contributed by atoms with Crippen molar-refractivity contribution >= 4 is 6.03 Å². The maximum Gasteiger partial charge on any atom is 0.318 e. The van der Waals surface area contributed by atoms with Crippen LogP contribution < -0.4 is 5.32 Å². The van der Waals surface area contributed by atoms with Crippen LogP contribution in [0.3, 0.4) is 0 Å². The molecule has 1 saturated carbocycles. The van der Waals surface area contributed by atoms with Gasteiger partial charge in [0.15, 0.2) is 0 Å². The normalized spacial score (nSPS) is 21.4. The molecule has 0 spiro atoms. The number of rotatable bonds is 6. The Morgan fingerprint density at radius 2 is 1.56 bits per heavy atom. The fourth-order valence-corrected chi connectivity index (χ4v) is 3.72. The Hall–Kier alpha value is -2.43. The number of nitrogens with one attached hydrogen (secondary N) is 1. The van der Waals surface area contributed by atoms with E-state index in [0.717, 1.165) is 30.4 Å². The fraction of sp³-hybridized carbons (Fsp3) is 0.350. The maximum atomic E-state index is 13.3. The van der Waals surface area contributed by atoms with Crippen LogP contribution >= 0.6 is 0 Å². The molecule has 25 heavy (non-hydrogen) atoms. The molecule has 0 radical (unpaired) electrons. The van der Waals surface area contributed by atoms with Crippen molar-refractivity contribution in [1.29, 1.82) is 0 Å². The average Bonchev–Trinajstić information content (AvgIpc) is 3.29. The lowest BCUT2D eigenvalue weighted by Gasteiger charge is -2.21. The van der Waals surface area contributed by atoms with Gasteiger partial charge in [0.25, 0.3) is 0 Å². The number of halogens is 2. The number of amides is 2. The molecule has 2 aliphatic rings. The van der Waals surface area contributed by atoms with Gasteiger partial charge in [-0.2, -0.15) is 0 Å². The smallest absolute Gasteiger partial charge is 0.318 e. The molecule has 1 saturated heterocycles. The highest BCUT2D eigenvalue weighted by atomic mass is 19.1. The number of carbonyl (C=O) groups is 1. The number of urea groups is 1. The number of carbonyl (C=O) groups excluding carboxylic acids is 1. The Morgan fingerprint density at radius 3 is 2.04 bits per heavy atom. The van der Waals surface area contributed by atoms with Gasteiger partial charge in [0, 0.05) is 12.5 Å². The van der Waals surface area contributed by atoms with Crippen molar-refractivity contribution in [3.8, 4) is 0 Å². The molecule has 2 amide bonds. The lowest BCUT2D eigenvalue weighted by atomic mass is 9.87. The van der Waals surface area contributed by atoms with Gasteiger partial charge >= 0.3 is 6.03 Å². The Labute approximate surface area is 145 Å². The molecule has 3 nitrogen and oxygen atoms in total. The van der Waals surface area contributed by atoms with Crippen LogP contribution in [0.2, 0.25) is 0 Å². The maximum absolute atomic E-state index is 13.3. The molecule has 1 aliphatic carbocycles. The Balaban J connectivity index is 1.48. The summed E-state index contributed by atoms with van der Waals surface area (Å²) in [6.45, 7) is 0.714. The predicted octanol–water partition coefficient (Wildman–Crippen LogP) is 4.04. The molecule has 2 atom stereocenters. The number of benzene rings is 2. The zero-order valence-corrected chi connectivity index (χ0v) is 13.8. The van der Waals surface area contributed by atoms with Crippen molar-refractivity contribution in [1.82, 2.24) is 10.2 Å². The summed E-state index contributed by atoms with van der Waals surface area (Å²) in [7, 11) is 0. The molecule has 1 heterocycles. The zero-order chi connectivity index (χ0) is 17.4. The first-order valence-corrected chi connectivity index (χ1v) is 8.70. The topological polar surface area (TPSA) is 32.3 Å². The summed E-state index contributed by atoms with van der Waals surface area (Å²) in [5.41, 5.74) is 2.01. The minimum Gasteiger partial charge on any atom is -0.333 e. The van der Waals surface area contributed by atoms with E-state index in [1.807, 2.05) is 4.90 Å². The van der Waals surface area contributed by atoms with Gasteiger partial charge < -0.3 is 10.2 Å². The molecule has 2 aromatic rings. The first-order chi connectivity index (χ1) is 12.1. The molecule has 0 bridgehead atoms. The van der Waals surface area contributed by atoms with E-state index in [9.17, 15) is 13.6 Å². The van der Waals surface area contributed by atoms with Crippen molar-refractivity contribution in [2.24, 2.45) is 0 Å². The summed E-state index contributed by atoms with van der Waals surface area (Å²) in [5.74, 6) is -0.480. The number of nitrogens with zero attached hydrogens (tertiary/aromatic N) is 1. The third-order valence-electron chi connectivity index (χ3n) is 5.16. The second-order valence-electron chi connectivity index (χ2n) is 6.85. The van der Waals surface area contributed by atoms with Gasteiger partial charge in [-0.3, -0.25) is 0 Å². The number of fused-ring (bicyclic) bond motifs is 1. The molecule has 0 aromatic heterocycles. The van der Waals surface area contributed by atoms with Gasteiger partial charge in [-0.15, -0.1) is 0 Å². The summed E-state index contributed by atoms with van der Waals surface area (Å²) in [6, 6.07) is 13.7. The van der Waals surface area contributed by atoms with Gasteiger partial charge in [0.05, 0.1) is 12.1 Å². The van der Waals surface area contributed by atoms with E-state index in [1.165, 1.54) is 24.3 Å². The van der Waals surface area contributed by atoms with Gasteiger partial charge in [-0.05, 0) is 54.7 Å². The lowest BCUT2D eigenvalue weighted by molar-refractivity contribution is 0.207. The minimum atomic E-state index is -0.268. The van der Waals surface area contributed by atoms with E-state index in [-0.39, 0.29) is 23.6 Å². The predicted molar refractivity (Wildman–Crippen MR) is 91.3 cm³/mol. The van der Waals surface area contributed by atoms with Crippen LogP contribution in [0.25, 0.3) is 0 Å². The Bertz CT molecular complexity index is 715. The third-order valence-corrected chi connectivity index (χ3v) is 5.16. The molecule has 4 rings (SSSR count). The average molecular weight is 342 g/mol. The van der Waals surface area contributed by atoms with Crippen molar-refractivity contribution < 1.29 is 13.6 Å². The fourth-order valence-electron chi connectivity index (χ4n) is 3.72. The standard InChI is InChI=1S/C20H20F2N2O/c21-15-7-3-13(4-8-15)17(14-5-9-16(22)10-6-14)2-1-11-24-19-12-18(19)23-20(24)25/h3-10,17-19H,1-2,11-12H2,(H,23,25)/t18-,19+/m1/s1. The molecular formula is C20H20F2N2O. The second-order valence-corrected chi connectivity index (χ2v) is 6.85. The summed E-state index contributed by atoms with van der Waals surface area (Å²) >= 11 is 0. The number of hydrogen-bond acceptors (Lipinski definition) is 1. The monoisotopic (exact) mass is 342 g/mol. The Kier molecular flexibility index (Phi) is 4.15. The van der Waals surface area contributed by atoms with E-state index in [1.54, 1.807) is 24.3 Å². The first-order valence-electron chi connectivity index (χ1n) is 8.70. The van der Waals surface area contributed by atoms with Crippen molar-refractivity contribution in [2.45, 2.75) is 37.3 Å². The van der Waals surface area contributed by atoms with Crippen LogP contribution in [0.1, 0.15) is 36.3 Å². The van der Waals surface area contributed by atoms with Gasteiger partial charge in [0.2, 0.25) is 0 Å². The Morgan fingerprint density at radius 1 is 1.00 bits per heavy atom. The zero-order valence-electron chi connectivity index (χ0n) is 13.8. The summed E-state index contributed by atoms with van der Waals surface area (Å²) in [5, 5.41) is 2.96. The van der Waals surface area contributed by atoms with Crippen LogP contribution in [0, 0.1) is 11.6 Å². The van der Waals surface area contributed by atoms with Gasteiger partial charge in [-0.25, -0.2) is 13.6 Å². The molecular weight excluding hydrogens is 322 g/mol. The highest BCUT2D eigenvalue weighted by molar-refractivity contribution is 5.79. The van der Waals surface area contributed by atoms with Crippen LogP contribution in [0.4, 0.5) is 13.6 Å². The van der Waals surface area contributed by atoms with E-state index >= 15 is 0 Å².